The molecule has 0 aromatic carbocycles. The van der Waals surface area contributed by atoms with Crippen LogP contribution in [0.15, 0.2) is 4.79 Å². The Kier molecular flexibility index (Phi) is 4.37. The predicted octanol–water partition coefficient (Wildman–Crippen LogP) is 1.51. The van der Waals surface area contributed by atoms with Crippen LogP contribution in [0.2, 0.25) is 0 Å². The largest absolute Gasteiger partial charge is 0.310 e. The Balaban J connectivity index is 1.69. The second-order valence-corrected chi connectivity index (χ2v) is 6.97. The van der Waals surface area contributed by atoms with Crippen molar-refractivity contribution in [3.05, 3.63) is 26.6 Å². The van der Waals surface area contributed by atoms with Gasteiger partial charge in [-0.15, -0.1) is 11.3 Å². The second-order valence-electron chi connectivity index (χ2n) is 5.88. The van der Waals surface area contributed by atoms with E-state index in [1.54, 1.807) is 11.3 Å². The lowest BCUT2D eigenvalue weighted by molar-refractivity contribution is 0.394. The highest BCUT2D eigenvalue weighted by Crippen LogP contribution is 2.34. The first-order chi connectivity index (χ1) is 10.1. The predicted molar refractivity (Wildman–Crippen MR) is 87.1 cm³/mol. The molecule has 0 fully saturated rings. The molecule has 0 saturated carbocycles. The number of aromatic nitrogens is 2. The summed E-state index contributed by atoms with van der Waals surface area (Å²) in [6.07, 6.45) is 4.40. The highest BCUT2D eigenvalue weighted by molar-refractivity contribution is 7.18. The van der Waals surface area contributed by atoms with Crippen molar-refractivity contribution in [3.8, 4) is 0 Å². The molecule has 0 radical (unpaired) electrons. The molecule has 0 saturated heterocycles. The van der Waals surface area contributed by atoms with Crippen molar-refractivity contribution in [2.45, 2.75) is 32.2 Å². The molecular weight excluding hydrogens is 284 g/mol. The van der Waals surface area contributed by atoms with E-state index < -0.39 is 0 Å². The molecule has 0 amide bonds. The summed E-state index contributed by atoms with van der Waals surface area (Å²) in [7, 11) is 4.14. The zero-order valence-corrected chi connectivity index (χ0v) is 13.5. The number of aromatic amines is 1. The minimum absolute atomic E-state index is 0.0319. The Labute approximate surface area is 128 Å². The van der Waals surface area contributed by atoms with Gasteiger partial charge in [0.05, 0.1) is 11.9 Å². The third kappa shape index (κ3) is 3.17. The SMILES string of the molecule is CN(C)CCCNCc1nc2sc3c(c2c(=O)[nH]1)CCC3. The molecule has 114 valence electrons. The van der Waals surface area contributed by atoms with E-state index >= 15 is 0 Å². The van der Waals surface area contributed by atoms with Crippen molar-refractivity contribution in [2.75, 3.05) is 27.2 Å². The van der Waals surface area contributed by atoms with E-state index in [1.807, 2.05) is 0 Å². The summed E-state index contributed by atoms with van der Waals surface area (Å²) in [5, 5.41) is 4.18. The Morgan fingerprint density at radius 2 is 2.24 bits per heavy atom. The molecule has 2 heterocycles. The number of H-pyrrole nitrogens is 1. The van der Waals surface area contributed by atoms with Crippen molar-refractivity contribution in [2.24, 2.45) is 0 Å². The molecule has 0 unspecified atom stereocenters. The molecule has 2 aromatic rings. The first-order valence-electron chi connectivity index (χ1n) is 7.54. The lowest BCUT2D eigenvalue weighted by atomic mass is 10.2. The average molecular weight is 306 g/mol. The van der Waals surface area contributed by atoms with Crippen LogP contribution < -0.4 is 10.9 Å². The van der Waals surface area contributed by atoms with Crippen LogP contribution >= 0.6 is 11.3 Å². The summed E-state index contributed by atoms with van der Waals surface area (Å²) in [4.78, 5) is 24.3. The van der Waals surface area contributed by atoms with Crippen LogP contribution in [-0.2, 0) is 19.4 Å². The molecule has 5 nitrogen and oxygen atoms in total. The Hall–Kier alpha value is -1.24. The highest BCUT2D eigenvalue weighted by Gasteiger charge is 2.20. The molecule has 21 heavy (non-hydrogen) atoms. The first-order valence-corrected chi connectivity index (χ1v) is 8.35. The smallest absolute Gasteiger partial charge is 0.259 e. The van der Waals surface area contributed by atoms with E-state index in [2.05, 4.69) is 34.3 Å². The molecule has 1 aliphatic rings. The third-order valence-corrected chi connectivity index (χ3v) is 5.06. The topological polar surface area (TPSA) is 61.0 Å². The summed E-state index contributed by atoms with van der Waals surface area (Å²) in [6.45, 7) is 2.62. The van der Waals surface area contributed by atoms with Gasteiger partial charge >= 0.3 is 0 Å². The van der Waals surface area contributed by atoms with E-state index in [0.717, 1.165) is 48.4 Å². The van der Waals surface area contributed by atoms with Gasteiger partial charge in [0, 0.05) is 4.88 Å². The Bertz CT molecular complexity index is 689. The molecule has 0 spiro atoms. The zero-order valence-electron chi connectivity index (χ0n) is 12.7. The maximum Gasteiger partial charge on any atom is 0.259 e. The molecule has 6 heteroatoms. The summed E-state index contributed by atoms with van der Waals surface area (Å²) < 4.78 is 0. The quantitative estimate of drug-likeness (QED) is 0.794. The van der Waals surface area contributed by atoms with Gasteiger partial charge in [-0.25, -0.2) is 4.98 Å². The van der Waals surface area contributed by atoms with Gasteiger partial charge in [-0.05, 0) is 58.4 Å². The van der Waals surface area contributed by atoms with Crippen molar-refractivity contribution in [1.29, 1.82) is 0 Å². The normalized spacial score (nSPS) is 14.2. The van der Waals surface area contributed by atoms with Crippen LogP contribution in [0.4, 0.5) is 0 Å². The number of rotatable bonds is 6. The van der Waals surface area contributed by atoms with E-state index in [-0.39, 0.29) is 5.56 Å². The maximum absolute atomic E-state index is 12.3. The van der Waals surface area contributed by atoms with Gasteiger partial charge in [0.25, 0.3) is 5.56 Å². The zero-order chi connectivity index (χ0) is 14.8. The van der Waals surface area contributed by atoms with Gasteiger partial charge in [0.2, 0.25) is 0 Å². The van der Waals surface area contributed by atoms with Gasteiger partial charge in [-0.3, -0.25) is 4.79 Å². The van der Waals surface area contributed by atoms with Gasteiger partial charge < -0.3 is 15.2 Å². The number of thiophene rings is 1. The monoisotopic (exact) mass is 306 g/mol. The second kappa shape index (κ2) is 6.25. The Morgan fingerprint density at radius 1 is 1.38 bits per heavy atom. The van der Waals surface area contributed by atoms with Gasteiger partial charge in [0.1, 0.15) is 10.7 Å². The molecule has 2 aromatic heterocycles. The van der Waals surface area contributed by atoms with Crippen LogP contribution in [-0.4, -0.2) is 42.1 Å². The summed E-state index contributed by atoms with van der Waals surface area (Å²) in [5.41, 5.74) is 1.28. The lowest BCUT2D eigenvalue weighted by Crippen LogP contribution is -2.23. The lowest BCUT2D eigenvalue weighted by Gasteiger charge is -2.09. The number of aryl methyl sites for hydroxylation is 2. The fourth-order valence-electron chi connectivity index (χ4n) is 2.86. The molecule has 0 atom stereocenters. The third-order valence-electron chi connectivity index (χ3n) is 3.88. The van der Waals surface area contributed by atoms with Crippen molar-refractivity contribution >= 4 is 21.6 Å². The van der Waals surface area contributed by atoms with Crippen LogP contribution in [0.5, 0.6) is 0 Å². The van der Waals surface area contributed by atoms with Gasteiger partial charge in [0.15, 0.2) is 0 Å². The average Bonchev–Trinajstić information content (AvgIpc) is 2.97. The summed E-state index contributed by atoms with van der Waals surface area (Å²) >= 11 is 1.70. The molecule has 0 bridgehead atoms. The van der Waals surface area contributed by atoms with Crippen LogP contribution in [0, 0.1) is 0 Å². The van der Waals surface area contributed by atoms with Crippen molar-refractivity contribution in [3.63, 3.8) is 0 Å². The van der Waals surface area contributed by atoms with Crippen molar-refractivity contribution < 1.29 is 0 Å². The summed E-state index contributed by atoms with van der Waals surface area (Å²) in [5.74, 6) is 0.747. The number of hydrogen-bond acceptors (Lipinski definition) is 5. The molecule has 2 N–H and O–H groups in total. The number of hydrogen-bond donors (Lipinski definition) is 2. The fourth-order valence-corrected chi connectivity index (χ4v) is 4.14. The highest BCUT2D eigenvalue weighted by atomic mass is 32.1. The minimum atomic E-state index is 0.0319. The number of nitrogens with zero attached hydrogens (tertiary/aromatic N) is 2. The number of nitrogens with one attached hydrogen (secondary N) is 2. The van der Waals surface area contributed by atoms with E-state index in [9.17, 15) is 4.79 Å². The maximum atomic E-state index is 12.3. The van der Waals surface area contributed by atoms with E-state index in [1.165, 1.54) is 16.9 Å². The van der Waals surface area contributed by atoms with E-state index in [4.69, 9.17) is 0 Å². The van der Waals surface area contributed by atoms with Crippen LogP contribution in [0.25, 0.3) is 10.2 Å². The van der Waals surface area contributed by atoms with Crippen molar-refractivity contribution in [1.82, 2.24) is 20.2 Å². The van der Waals surface area contributed by atoms with Crippen LogP contribution in [0.1, 0.15) is 29.1 Å². The van der Waals surface area contributed by atoms with E-state index in [0.29, 0.717) is 6.54 Å². The molecule has 3 rings (SSSR count). The van der Waals surface area contributed by atoms with Gasteiger partial charge in [-0.2, -0.15) is 0 Å². The fraction of sp³-hybridized carbons (Fsp3) is 0.600. The number of fused-ring (bicyclic) bond motifs is 3. The minimum Gasteiger partial charge on any atom is -0.310 e. The molecular formula is C15H22N4OS. The molecule has 0 aliphatic heterocycles. The standard InChI is InChI=1S/C15H22N4OS/c1-19(2)8-4-7-16-9-12-17-14(20)13-10-5-3-6-11(10)21-15(13)18-12/h16H,3-9H2,1-2H3,(H,17,18,20). The first kappa shape index (κ1) is 14.7. The van der Waals surface area contributed by atoms with Gasteiger partial charge in [-0.1, -0.05) is 0 Å². The van der Waals surface area contributed by atoms with Crippen LogP contribution in [0.3, 0.4) is 0 Å². The molecule has 1 aliphatic carbocycles. The Morgan fingerprint density at radius 3 is 3.05 bits per heavy atom. The summed E-state index contributed by atoms with van der Waals surface area (Å²) in [6, 6.07) is 0.